The van der Waals surface area contributed by atoms with E-state index in [1.807, 2.05) is 31.6 Å². The molecule has 8 rings (SSSR count). The molecule has 4 aliphatic rings. The third-order valence-corrected chi connectivity index (χ3v) is 8.48. The Morgan fingerprint density at radius 1 is 1.07 bits per heavy atom. The minimum atomic E-state index is -0.0766. The van der Waals surface area contributed by atoms with Crippen molar-refractivity contribution in [1.29, 1.82) is 5.26 Å². The van der Waals surface area contributed by atoms with Gasteiger partial charge in [0.15, 0.2) is 0 Å². The number of anilines is 2. The first-order valence-electron chi connectivity index (χ1n) is 13.5. The zero-order chi connectivity index (χ0) is 27.4. The van der Waals surface area contributed by atoms with Crippen molar-refractivity contribution in [3.63, 3.8) is 0 Å². The van der Waals surface area contributed by atoms with Crippen LogP contribution in [-0.4, -0.2) is 87.1 Å². The zero-order valence-electron chi connectivity index (χ0n) is 22.2. The number of piperidine rings is 1. The number of fused-ring (bicyclic) bond motifs is 3. The van der Waals surface area contributed by atoms with E-state index in [9.17, 15) is 14.9 Å². The summed E-state index contributed by atoms with van der Waals surface area (Å²) in [6.07, 6.45) is 8.32. The van der Waals surface area contributed by atoms with E-state index in [2.05, 4.69) is 43.0 Å². The largest absolute Gasteiger partial charge is 0.359 e. The number of hydrogen-bond acceptors (Lipinski definition) is 8. The van der Waals surface area contributed by atoms with Gasteiger partial charge in [0, 0.05) is 81.4 Å². The number of H-pyrrole nitrogens is 1. The summed E-state index contributed by atoms with van der Waals surface area (Å²) < 4.78 is 1.73. The molecular formula is C29H29N9O2. The molecule has 2 bridgehead atoms. The number of likely N-dealkylation sites (N-methyl/N-ethyl adjacent to an activating group) is 1. The number of amides is 1. The Balaban J connectivity index is 1.13. The summed E-state index contributed by atoms with van der Waals surface area (Å²) in [5.74, 6) is 1.02. The van der Waals surface area contributed by atoms with E-state index in [1.165, 1.54) is 6.42 Å². The molecule has 0 spiro atoms. The Morgan fingerprint density at radius 3 is 2.62 bits per heavy atom. The number of nitrogens with zero attached hydrogens (tertiary/aromatic N) is 8. The maximum Gasteiger partial charge on any atom is 0.247 e. The molecule has 4 fully saturated rings. The Bertz CT molecular complexity index is 1670. The van der Waals surface area contributed by atoms with Crippen LogP contribution in [0.4, 0.5) is 11.5 Å². The number of piperazine rings is 2. The molecular weight excluding hydrogens is 506 g/mol. The number of nitrogens with one attached hydrogen (secondary N) is 1. The van der Waals surface area contributed by atoms with Gasteiger partial charge in [-0.25, -0.2) is 9.50 Å². The van der Waals surface area contributed by atoms with E-state index in [0.717, 1.165) is 59.9 Å². The quantitative estimate of drug-likeness (QED) is 0.411. The minimum absolute atomic E-state index is 0.0766. The highest BCUT2D eigenvalue weighted by molar-refractivity contribution is 5.88. The second kappa shape index (κ2) is 9.50. The van der Waals surface area contributed by atoms with Gasteiger partial charge in [0.05, 0.1) is 35.7 Å². The first-order valence-corrected chi connectivity index (χ1v) is 13.5. The second-order valence-corrected chi connectivity index (χ2v) is 10.9. The molecule has 4 aromatic rings. The first-order chi connectivity index (χ1) is 19.5. The molecule has 0 radical (unpaired) electrons. The van der Waals surface area contributed by atoms with Crippen molar-refractivity contribution in [3.05, 3.63) is 76.6 Å². The lowest BCUT2D eigenvalue weighted by Gasteiger charge is -2.56. The minimum Gasteiger partial charge on any atom is -0.359 e. The molecule has 8 heterocycles. The van der Waals surface area contributed by atoms with Gasteiger partial charge in [-0.1, -0.05) is 6.07 Å². The summed E-state index contributed by atoms with van der Waals surface area (Å²) in [5, 5.41) is 14.2. The third-order valence-electron chi connectivity index (χ3n) is 8.48. The number of nitriles is 1. The van der Waals surface area contributed by atoms with Crippen LogP contribution in [0.3, 0.4) is 0 Å². The number of aromatic amines is 1. The van der Waals surface area contributed by atoms with Crippen LogP contribution in [0.5, 0.6) is 0 Å². The number of aromatic nitrogens is 4. The van der Waals surface area contributed by atoms with Gasteiger partial charge in [0.25, 0.3) is 0 Å². The Morgan fingerprint density at radius 2 is 1.93 bits per heavy atom. The summed E-state index contributed by atoms with van der Waals surface area (Å²) in [4.78, 5) is 40.0. The molecule has 40 heavy (non-hydrogen) atoms. The molecule has 4 aliphatic heterocycles. The Kier molecular flexibility index (Phi) is 5.78. The van der Waals surface area contributed by atoms with E-state index < -0.39 is 0 Å². The van der Waals surface area contributed by atoms with Crippen LogP contribution in [0.15, 0.2) is 59.9 Å². The Labute approximate surface area is 230 Å². The highest BCUT2D eigenvalue weighted by atomic mass is 16.2. The molecule has 1 amide bonds. The van der Waals surface area contributed by atoms with Gasteiger partial charge < -0.3 is 19.7 Å². The number of carbonyl (C=O) groups is 1. The van der Waals surface area contributed by atoms with Gasteiger partial charge in [-0.3, -0.25) is 14.5 Å². The van der Waals surface area contributed by atoms with Gasteiger partial charge >= 0.3 is 0 Å². The van der Waals surface area contributed by atoms with Gasteiger partial charge in [-0.05, 0) is 30.2 Å². The summed E-state index contributed by atoms with van der Waals surface area (Å²) in [6, 6.07) is 12.8. The third kappa shape index (κ3) is 4.17. The standard InChI is InChI=1S/C29H29N9O2/c1-34-6-7-35(18-28(34)40)22-9-25(29-21(10-30)13-33-38(29)17-22)20-3-4-26(31-12-20)36-15-23-8-24(16-36)37(23)14-19-2-5-27(39)32-11-19/h2-5,9,11-13,17,23-24H,6-8,14-16,18H2,1H3,(H,32,39). The maximum atomic E-state index is 12.4. The van der Waals surface area contributed by atoms with E-state index >= 15 is 0 Å². The van der Waals surface area contributed by atoms with Crippen LogP contribution < -0.4 is 15.4 Å². The van der Waals surface area contributed by atoms with Crippen LogP contribution in [0.2, 0.25) is 0 Å². The van der Waals surface area contributed by atoms with Crippen LogP contribution >= 0.6 is 0 Å². The van der Waals surface area contributed by atoms with Crippen molar-refractivity contribution in [3.8, 4) is 17.2 Å². The molecule has 4 saturated heterocycles. The SMILES string of the molecule is CN1CCN(c2cc(-c3ccc(N4CC5CC(C4)N5Cc4ccc(=O)[nH]c4)nc3)c3c(C#N)cnn3c2)CC1=O. The van der Waals surface area contributed by atoms with Gasteiger partial charge in [0.2, 0.25) is 11.5 Å². The van der Waals surface area contributed by atoms with Crippen molar-refractivity contribution in [2.45, 2.75) is 25.0 Å². The molecule has 4 aromatic heterocycles. The smallest absolute Gasteiger partial charge is 0.247 e. The fraction of sp³-hybridized carbons (Fsp3) is 0.345. The predicted molar refractivity (Wildman–Crippen MR) is 150 cm³/mol. The molecule has 202 valence electrons. The topological polar surface area (TPSA) is 117 Å². The van der Waals surface area contributed by atoms with E-state index in [1.54, 1.807) is 27.9 Å². The maximum absolute atomic E-state index is 12.4. The fourth-order valence-electron chi connectivity index (χ4n) is 6.18. The van der Waals surface area contributed by atoms with Crippen LogP contribution in [0.1, 0.15) is 17.5 Å². The molecule has 2 unspecified atom stereocenters. The predicted octanol–water partition coefficient (Wildman–Crippen LogP) is 1.70. The first kappa shape index (κ1) is 24.4. The molecule has 11 heteroatoms. The van der Waals surface area contributed by atoms with Crippen molar-refractivity contribution >= 4 is 22.9 Å². The summed E-state index contributed by atoms with van der Waals surface area (Å²) >= 11 is 0. The zero-order valence-corrected chi connectivity index (χ0v) is 22.2. The van der Waals surface area contributed by atoms with Crippen LogP contribution in [0.25, 0.3) is 16.6 Å². The molecule has 11 nitrogen and oxygen atoms in total. The molecule has 0 saturated carbocycles. The molecule has 2 atom stereocenters. The summed E-state index contributed by atoms with van der Waals surface area (Å²) in [7, 11) is 1.82. The lowest BCUT2D eigenvalue weighted by molar-refractivity contribution is -0.129. The summed E-state index contributed by atoms with van der Waals surface area (Å²) in [5.41, 5.74) is 4.93. The average Bonchev–Trinajstić information content (AvgIpc) is 3.41. The van der Waals surface area contributed by atoms with Crippen molar-refractivity contribution < 1.29 is 4.79 Å². The van der Waals surface area contributed by atoms with E-state index in [4.69, 9.17) is 4.98 Å². The number of rotatable bonds is 5. The lowest BCUT2D eigenvalue weighted by atomic mass is 9.87. The lowest BCUT2D eigenvalue weighted by Crippen LogP contribution is -2.68. The van der Waals surface area contributed by atoms with Crippen molar-refractivity contribution in [2.24, 2.45) is 0 Å². The highest BCUT2D eigenvalue weighted by Crippen LogP contribution is 2.36. The van der Waals surface area contributed by atoms with Gasteiger partial charge in [-0.2, -0.15) is 10.4 Å². The summed E-state index contributed by atoms with van der Waals surface area (Å²) in [6.45, 7) is 4.35. The van der Waals surface area contributed by atoms with Crippen molar-refractivity contribution in [1.82, 2.24) is 29.4 Å². The monoisotopic (exact) mass is 535 g/mol. The van der Waals surface area contributed by atoms with Gasteiger partial charge in [0.1, 0.15) is 11.9 Å². The number of carbonyl (C=O) groups excluding carboxylic acids is 1. The second-order valence-electron chi connectivity index (χ2n) is 10.9. The average molecular weight is 536 g/mol. The van der Waals surface area contributed by atoms with Crippen LogP contribution in [0, 0.1) is 11.3 Å². The van der Waals surface area contributed by atoms with E-state index in [-0.39, 0.29) is 11.5 Å². The van der Waals surface area contributed by atoms with Crippen LogP contribution in [-0.2, 0) is 11.3 Å². The molecule has 1 N–H and O–H groups in total. The molecule has 0 aliphatic carbocycles. The normalized spacial score (nSPS) is 21.0. The number of pyridine rings is 3. The number of hydrogen-bond donors (Lipinski definition) is 1. The highest BCUT2D eigenvalue weighted by Gasteiger charge is 2.44. The van der Waals surface area contributed by atoms with E-state index in [0.29, 0.717) is 30.7 Å². The molecule has 0 aromatic carbocycles. The van der Waals surface area contributed by atoms with Gasteiger partial charge in [-0.15, -0.1) is 0 Å². The fourth-order valence-corrected chi connectivity index (χ4v) is 6.18. The van der Waals surface area contributed by atoms with Crippen molar-refractivity contribution in [2.75, 3.05) is 49.6 Å². The Hall–Kier alpha value is -4.69.